The van der Waals surface area contributed by atoms with Gasteiger partial charge in [-0.2, -0.15) is 14.0 Å². The van der Waals surface area contributed by atoms with Crippen LogP contribution >= 0.6 is 0 Å². The van der Waals surface area contributed by atoms with Crippen molar-refractivity contribution in [2.75, 3.05) is 0 Å². The van der Waals surface area contributed by atoms with Crippen molar-refractivity contribution in [2.45, 2.75) is 12.3 Å². The first-order valence-electron chi connectivity index (χ1n) is 3.91. The molecule has 0 spiro atoms. The molecule has 6 heteroatoms. The lowest BCUT2D eigenvalue weighted by molar-refractivity contribution is -0.164. The Morgan fingerprint density at radius 3 is 2.80 bits per heavy atom. The molecule has 0 saturated heterocycles. The highest BCUT2D eigenvalue weighted by molar-refractivity contribution is 5.75. The van der Waals surface area contributed by atoms with Crippen LogP contribution in [0.2, 0.25) is 0 Å². The van der Waals surface area contributed by atoms with Gasteiger partial charge in [0.15, 0.2) is 0 Å². The summed E-state index contributed by atoms with van der Waals surface area (Å²) in [7, 11) is 0. The van der Waals surface area contributed by atoms with E-state index in [1.807, 2.05) is 0 Å². The quantitative estimate of drug-likeness (QED) is 0.817. The van der Waals surface area contributed by atoms with E-state index in [1.165, 1.54) is 12.3 Å². The number of rotatable bonds is 3. The number of aliphatic carboxylic acids is 1. The van der Waals surface area contributed by atoms with Gasteiger partial charge in [0.2, 0.25) is 0 Å². The highest BCUT2D eigenvalue weighted by Gasteiger charge is 2.38. The molecule has 0 fully saturated rings. The molecule has 0 atom stereocenters. The monoisotopic (exact) mass is 212 g/mol. The van der Waals surface area contributed by atoms with E-state index < -0.39 is 18.3 Å². The van der Waals surface area contributed by atoms with Crippen molar-refractivity contribution in [1.82, 2.24) is 4.98 Å². The zero-order chi connectivity index (χ0) is 11.5. The van der Waals surface area contributed by atoms with Gasteiger partial charge in [0.25, 0.3) is 0 Å². The minimum Gasteiger partial charge on any atom is -0.477 e. The molecule has 0 radical (unpaired) electrons. The number of halogens is 2. The zero-order valence-corrected chi connectivity index (χ0v) is 7.44. The van der Waals surface area contributed by atoms with E-state index in [4.69, 9.17) is 10.4 Å². The number of nitrogens with zero attached hydrogens (tertiary/aromatic N) is 2. The van der Waals surface area contributed by atoms with Gasteiger partial charge < -0.3 is 5.11 Å². The standard InChI is InChI=1S/C9H6F2N2O2/c10-9(11,8(14)15)2-6-1-7(3-12)5-13-4-6/h1,4-5H,2H2,(H,14,15). The summed E-state index contributed by atoms with van der Waals surface area (Å²) >= 11 is 0. The predicted octanol–water partition coefficient (Wildman–Crippen LogP) is 1.22. The second kappa shape index (κ2) is 4.00. The number of nitriles is 1. The number of aromatic nitrogens is 1. The second-order valence-electron chi connectivity index (χ2n) is 2.88. The predicted molar refractivity (Wildman–Crippen MR) is 45.2 cm³/mol. The molecule has 0 aliphatic heterocycles. The maximum atomic E-state index is 12.8. The molecule has 4 nitrogen and oxygen atoms in total. The maximum absolute atomic E-state index is 12.8. The van der Waals surface area contributed by atoms with Crippen LogP contribution in [0, 0.1) is 11.3 Å². The fourth-order valence-corrected chi connectivity index (χ4v) is 0.977. The average Bonchev–Trinajstić information content (AvgIpc) is 2.17. The van der Waals surface area contributed by atoms with Gasteiger partial charge in [0, 0.05) is 18.8 Å². The summed E-state index contributed by atoms with van der Waals surface area (Å²) < 4.78 is 25.5. The third kappa shape index (κ3) is 2.71. The topological polar surface area (TPSA) is 74.0 Å². The van der Waals surface area contributed by atoms with Crippen molar-refractivity contribution in [3.8, 4) is 6.07 Å². The molecular weight excluding hydrogens is 206 g/mol. The van der Waals surface area contributed by atoms with E-state index in [0.29, 0.717) is 0 Å². The summed E-state index contributed by atoms with van der Waals surface area (Å²) in [6.07, 6.45) is 1.35. The molecular formula is C9H6F2N2O2. The first kappa shape index (κ1) is 11.0. The van der Waals surface area contributed by atoms with Gasteiger partial charge in [-0.1, -0.05) is 0 Å². The summed E-state index contributed by atoms with van der Waals surface area (Å²) in [5.74, 6) is -6.03. The van der Waals surface area contributed by atoms with Crippen molar-refractivity contribution >= 4 is 5.97 Å². The van der Waals surface area contributed by atoms with Crippen molar-refractivity contribution < 1.29 is 18.7 Å². The molecule has 1 rings (SSSR count). The Hall–Kier alpha value is -2.03. The zero-order valence-electron chi connectivity index (χ0n) is 7.44. The van der Waals surface area contributed by atoms with E-state index >= 15 is 0 Å². The van der Waals surface area contributed by atoms with Crippen molar-refractivity contribution in [3.05, 3.63) is 29.6 Å². The molecule has 1 heterocycles. The molecule has 0 aliphatic rings. The lowest BCUT2D eigenvalue weighted by Crippen LogP contribution is -2.30. The van der Waals surface area contributed by atoms with Crippen molar-refractivity contribution in [2.24, 2.45) is 0 Å². The van der Waals surface area contributed by atoms with Gasteiger partial charge in [0.05, 0.1) is 5.56 Å². The smallest absolute Gasteiger partial charge is 0.374 e. The van der Waals surface area contributed by atoms with Gasteiger partial charge in [-0.3, -0.25) is 4.98 Å². The number of carboxylic acid groups (broad SMARTS) is 1. The van der Waals surface area contributed by atoms with Crippen LogP contribution in [-0.4, -0.2) is 22.0 Å². The van der Waals surface area contributed by atoms with E-state index in [1.54, 1.807) is 6.07 Å². The molecule has 1 aromatic rings. The normalized spacial score (nSPS) is 10.7. The van der Waals surface area contributed by atoms with E-state index in [0.717, 1.165) is 6.20 Å². The Morgan fingerprint density at radius 1 is 1.60 bits per heavy atom. The van der Waals surface area contributed by atoms with Crippen LogP contribution in [0.1, 0.15) is 11.1 Å². The lowest BCUT2D eigenvalue weighted by Gasteiger charge is -2.10. The van der Waals surface area contributed by atoms with Gasteiger partial charge in [-0.05, 0) is 11.6 Å². The molecule has 1 N–H and O–H groups in total. The van der Waals surface area contributed by atoms with E-state index in [-0.39, 0.29) is 11.1 Å². The summed E-state index contributed by atoms with van der Waals surface area (Å²) in [4.78, 5) is 13.7. The summed E-state index contributed by atoms with van der Waals surface area (Å²) in [6.45, 7) is 0. The SMILES string of the molecule is N#Cc1cncc(CC(F)(F)C(=O)O)c1. The molecule has 0 aliphatic carbocycles. The number of hydrogen-bond acceptors (Lipinski definition) is 3. The summed E-state index contributed by atoms with van der Waals surface area (Å²) in [6, 6.07) is 2.91. The average molecular weight is 212 g/mol. The number of alkyl halides is 2. The molecule has 0 unspecified atom stereocenters. The van der Waals surface area contributed by atoms with Crippen LogP contribution in [0.5, 0.6) is 0 Å². The highest BCUT2D eigenvalue weighted by atomic mass is 19.3. The Bertz CT molecular complexity index is 426. The van der Waals surface area contributed by atoms with Gasteiger partial charge >= 0.3 is 11.9 Å². The van der Waals surface area contributed by atoms with E-state index in [2.05, 4.69) is 4.98 Å². The number of hydrogen-bond donors (Lipinski definition) is 1. The van der Waals surface area contributed by atoms with Crippen LogP contribution in [0.15, 0.2) is 18.5 Å². The molecule has 0 aromatic carbocycles. The summed E-state index contributed by atoms with van der Waals surface area (Å²) in [5.41, 5.74) is 0.134. The van der Waals surface area contributed by atoms with Gasteiger partial charge in [-0.25, -0.2) is 4.79 Å². The minimum absolute atomic E-state index is 0.0152. The fraction of sp³-hybridized carbons (Fsp3) is 0.222. The highest BCUT2D eigenvalue weighted by Crippen LogP contribution is 2.20. The fourth-order valence-electron chi connectivity index (χ4n) is 0.977. The van der Waals surface area contributed by atoms with Crippen molar-refractivity contribution in [3.63, 3.8) is 0 Å². The number of carbonyl (C=O) groups is 1. The maximum Gasteiger partial charge on any atom is 0.374 e. The Kier molecular flexibility index (Phi) is 2.95. The molecule has 0 saturated carbocycles. The van der Waals surface area contributed by atoms with Crippen LogP contribution in [0.4, 0.5) is 8.78 Å². The summed E-state index contributed by atoms with van der Waals surface area (Å²) in [5, 5.41) is 16.7. The molecule has 0 bridgehead atoms. The van der Waals surface area contributed by atoms with Crippen LogP contribution in [0.3, 0.4) is 0 Å². The molecule has 15 heavy (non-hydrogen) atoms. The Balaban J connectivity index is 2.91. The van der Waals surface area contributed by atoms with E-state index in [9.17, 15) is 13.6 Å². The van der Waals surface area contributed by atoms with Crippen molar-refractivity contribution in [1.29, 1.82) is 5.26 Å². The third-order valence-electron chi connectivity index (χ3n) is 1.66. The van der Waals surface area contributed by atoms with Crippen LogP contribution in [-0.2, 0) is 11.2 Å². The molecule has 0 amide bonds. The first-order valence-corrected chi connectivity index (χ1v) is 3.91. The molecule has 78 valence electrons. The minimum atomic E-state index is -3.84. The lowest BCUT2D eigenvalue weighted by atomic mass is 10.1. The Labute approximate surface area is 83.8 Å². The second-order valence-corrected chi connectivity index (χ2v) is 2.88. The van der Waals surface area contributed by atoms with Crippen LogP contribution < -0.4 is 0 Å². The number of pyridine rings is 1. The first-order chi connectivity index (χ1) is 6.95. The number of carboxylic acids is 1. The van der Waals surface area contributed by atoms with Gasteiger partial charge in [0.1, 0.15) is 6.07 Å². The largest absolute Gasteiger partial charge is 0.477 e. The van der Waals surface area contributed by atoms with Crippen LogP contribution in [0.25, 0.3) is 0 Å². The Morgan fingerprint density at radius 2 is 2.27 bits per heavy atom. The third-order valence-corrected chi connectivity index (χ3v) is 1.66. The molecule has 1 aromatic heterocycles. The van der Waals surface area contributed by atoms with Gasteiger partial charge in [-0.15, -0.1) is 0 Å².